The van der Waals surface area contributed by atoms with Crippen molar-refractivity contribution in [3.63, 3.8) is 0 Å². The lowest BCUT2D eigenvalue weighted by Crippen LogP contribution is -2.58. The topological polar surface area (TPSA) is 20.3 Å². The Bertz CT molecular complexity index is 202. The number of hydrogen-bond donors (Lipinski definition) is 0. The number of carbonyl (C=O) groups is 1. The van der Waals surface area contributed by atoms with Crippen molar-refractivity contribution in [2.24, 2.45) is 5.92 Å². The van der Waals surface area contributed by atoms with Gasteiger partial charge in [-0.2, -0.15) is 0 Å². The van der Waals surface area contributed by atoms with Crippen LogP contribution >= 0.6 is 0 Å². The van der Waals surface area contributed by atoms with Crippen molar-refractivity contribution in [1.29, 1.82) is 0 Å². The minimum Gasteiger partial charge on any atom is -0.303 e. The molecule has 82 valence electrons. The Balaban J connectivity index is 2.80. The first kappa shape index (κ1) is 11.7. The summed E-state index contributed by atoms with van der Waals surface area (Å²) in [5, 5.41) is 0. The predicted molar refractivity (Wildman–Crippen MR) is 59.3 cm³/mol. The summed E-state index contributed by atoms with van der Waals surface area (Å²) >= 11 is 0. The largest absolute Gasteiger partial charge is 0.303 e. The molecule has 0 aliphatic carbocycles. The number of likely N-dealkylation sites (tertiary alicyclic amines) is 1. The van der Waals surface area contributed by atoms with E-state index in [1.807, 2.05) is 0 Å². The summed E-state index contributed by atoms with van der Waals surface area (Å²) in [6.07, 6.45) is 4.06. The molecule has 2 nitrogen and oxygen atoms in total. The fraction of sp³-hybridized carbons (Fsp3) is 0.917. The zero-order valence-corrected chi connectivity index (χ0v) is 10.1. The second kappa shape index (κ2) is 3.65. The molecule has 0 N–H and O–H groups in total. The van der Waals surface area contributed by atoms with E-state index in [9.17, 15) is 4.79 Å². The lowest BCUT2D eigenvalue weighted by atomic mass is 9.73. The molecule has 0 aromatic carbocycles. The van der Waals surface area contributed by atoms with Gasteiger partial charge >= 0.3 is 0 Å². The normalized spacial score (nSPS) is 27.5. The van der Waals surface area contributed by atoms with E-state index in [2.05, 4.69) is 39.6 Å². The molecule has 0 amide bonds. The highest BCUT2D eigenvalue weighted by Gasteiger charge is 2.42. The van der Waals surface area contributed by atoms with Crippen molar-refractivity contribution in [3.8, 4) is 0 Å². The fourth-order valence-corrected chi connectivity index (χ4v) is 2.88. The first-order chi connectivity index (χ1) is 6.29. The van der Waals surface area contributed by atoms with Crippen molar-refractivity contribution >= 4 is 6.29 Å². The maximum Gasteiger partial charge on any atom is 0.120 e. The molecule has 0 spiro atoms. The molecule has 0 unspecified atom stereocenters. The van der Waals surface area contributed by atoms with Crippen LogP contribution in [0.15, 0.2) is 0 Å². The number of rotatable bonds is 2. The van der Waals surface area contributed by atoms with E-state index in [1.54, 1.807) is 0 Å². The van der Waals surface area contributed by atoms with E-state index in [0.29, 0.717) is 5.92 Å². The van der Waals surface area contributed by atoms with Crippen LogP contribution < -0.4 is 0 Å². The van der Waals surface area contributed by atoms with E-state index in [1.165, 1.54) is 0 Å². The van der Waals surface area contributed by atoms with Crippen LogP contribution in [-0.2, 0) is 4.79 Å². The van der Waals surface area contributed by atoms with Gasteiger partial charge in [0.2, 0.25) is 0 Å². The summed E-state index contributed by atoms with van der Waals surface area (Å²) in [5.74, 6) is 0.564. The molecule has 1 heterocycles. The SMILES string of the molecule is CN1C(C)(C)CC(CC=O)CC1(C)C. The molecule has 0 atom stereocenters. The molecule has 1 aliphatic rings. The summed E-state index contributed by atoms with van der Waals surface area (Å²) in [4.78, 5) is 13.0. The summed E-state index contributed by atoms with van der Waals surface area (Å²) in [6.45, 7) is 9.08. The molecule has 1 fully saturated rings. The van der Waals surface area contributed by atoms with Gasteiger partial charge in [0.05, 0.1) is 0 Å². The molecule has 0 radical (unpaired) electrons. The first-order valence-electron chi connectivity index (χ1n) is 5.47. The van der Waals surface area contributed by atoms with Crippen LogP contribution in [0.5, 0.6) is 0 Å². The van der Waals surface area contributed by atoms with E-state index >= 15 is 0 Å². The van der Waals surface area contributed by atoms with Crippen molar-refractivity contribution in [1.82, 2.24) is 4.90 Å². The average molecular weight is 197 g/mol. The van der Waals surface area contributed by atoms with Crippen molar-refractivity contribution in [2.75, 3.05) is 7.05 Å². The maximum absolute atomic E-state index is 10.6. The second-order valence-corrected chi connectivity index (χ2v) is 5.86. The number of nitrogens with zero attached hydrogens (tertiary/aromatic N) is 1. The lowest BCUT2D eigenvalue weighted by Gasteiger charge is -2.53. The maximum atomic E-state index is 10.6. The third-order valence-electron chi connectivity index (χ3n) is 3.82. The molecule has 1 aliphatic heterocycles. The Morgan fingerprint density at radius 1 is 1.21 bits per heavy atom. The van der Waals surface area contributed by atoms with Crippen LogP contribution in [0.25, 0.3) is 0 Å². The quantitative estimate of drug-likeness (QED) is 0.634. The lowest BCUT2D eigenvalue weighted by molar-refractivity contribution is -0.110. The third kappa shape index (κ3) is 2.17. The van der Waals surface area contributed by atoms with Crippen LogP contribution in [0.2, 0.25) is 0 Å². The van der Waals surface area contributed by atoms with E-state index < -0.39 is 0 Å². The molecule has 1 rings (SSSR count). The molecule has 0 saturated carbocycles. The summed E-state index contributed by atoms with van der Waals surface area (Å²) in [6, 6.07) is 0. The molecule has 1 saturated heterocycles. The number of carbonyl (C=O) groups excluding carboxylic acids is 1. The highest BCUT2D eigenvalue weighted by atomic mass is 16.1. The molecular weight excluding hydrogens is 174 g/mol. The van der Waals surface area contributed by atoms with Crippen LogP contribution in [0.1, 0.15) is 47.0 Å². The minimum absolute atomic E-state index is 0.218. The average Bonchev–Trinajstić information content (AvgIpc) is 1.99. The molecular formula is C12H23NO. The zero-order valence-electron chi connectivity index (χ0n) is 10.1. The predicted octanol–water partition coefficient (Wildman–Crippen LogP) is 2.47. The zero-order chi connectivity index (χ0) is 11.0. The van der Waals surface area contributed by atoms with Gasteiger partial charge in [0.15, 0.2) is 0 Å². The van der Waals surface area contributed by atoms with Gasteiger partial charge in [-0.3, -0.25) is 4.90 Å². The molecule has 0 bridgehead atoms. The summed E-state index contributed by atoms with van der Waals surface area (Å²) < 4.78 is 0. The van der Waals surface area contributed by atoms with Gasteiger partial charge in [0.25, 0.3) is 0 Å². The summed E-state index contributed by atoms with van der Waals surface area (Å²) in [7, 11) is 2.19. The molecule has 0 aromatic heterocycles. The third-order valence-corrected chi connectivity index (χ3v) is 3.82. The summed E-state index contributed by atoms with van der Waals surface area (Å²) in [5.41, 5.74) is 0.435. The van der Waals surface area contributed by atoms with Crippen LogP contribution in [-0.4, -0.2) is 29.3 Å². The number of hydrogen-bond acceptors (Lipinski definition) is 2. The Morgan fingerprint density at radius 3 is 2.00 bits per heavy atom. The van der Waals surface area contributed by atoms with Gasteiger partial charge in [-0.15, -0.1) is 0 Å². The van der Waals surface area contributed by atoms with E-state index in [4.69, 9.17) is 0 Å². The Hall–Kier alpha value is -0.370. The highest BCUT2D eigenvalue weighted by molar-refractivity contribution is 5.49. The van der Waals surface area contributed by atoms with Crippen LogP contribution in [0.4, 0.5) is 0 Å². The highest BCUT2D eigenvalue weighted by Crippen LogP contribution is 2.40. The first-order valence-corrected chi connectivity index (χ1v) is 5.47. The van der Waals surface area contributed by atoms with Gasteiger partial charge in [-0.05, 0) is 53.5 Å². The standard InChI is InChI=1S/C12H23NO/c1-11(2)8-10(6-7-14)9-12(3,4)13(11)5/h7,10H,6,8-9H2,1-5H3. The van der Waals surface area contributed by atoms with Crippen LogP contribution in [0.3, 0.4) is 0 Å². The Labute approximate surface area is 87.7 Å². The van der Waals surface area contributed by atoms with Gasteiger partial charge in [0.1, 0.15) is 6.29 Å². The molecule has 2 heteroatoms. The number of aldehydes is 1. The molecule has 14 heavy (non-hydrogen) atoms. The smallest absolute Gasteiger partial charge is 0.120 e. The fourth-order valence-electron chi connectivity index (χ4n) is 2.88. The number of piperidine rings is 1. The van der Waals surface area contributed by atoms with Gasteiger partial charge in [0, 0.05) is 17.5 Å². The van der Waals surface area contributed by atoms with E-state index in [-0.39, 0.29) is 11.1 Å². The van der Waals surface area contributed by atoms with E-state index in [0.717, 1.165) is 25.5 Å². The Morgan fingerprint density at radius 2 is 1.64 bits per heavy atom. The minimum atomic E-state index is 0.218. The van der Waals surface area contributed by atoms with Gasteiger partial charge in [-0.1, -0.05) is 0 Å². The van der Waals surface area contributed by atoms with Gasteiger partial charge in [-0.25, -0.2) is 0 Å². The Kier molecular flexibility index (Phi) is 3.05. The van der Waals surface area contributed by atoms with Crippen molar-refractivity contribution in [2.45, 2.75) is 58.0 Å². The monoisotopic (exact) mass is 197 g/mol. The van der Waals surface area contributed by atoms with Crippen molar-refractivity contribution in [3.05, 3.63) is 0 Å². The van der Waals surface area contributed by atoms with Crippen LogP contribution in [0, 0.1) is 5.92 Å². The second-order valence-electron chi connectivity index (χ2n) is 5.86. The van der Waals surface area contributed by atoms with Gasteiger partial charge < -0.3 is 4.79 Å². The molecule has 0 aromatic rings. The van der Waals surface area contributed by atoms with Crippen molar-refractivity contribution < 1.29 is 4.79 Å².